The second kappa shape index (κ2) is 6.80. The first kappa shape index (κ1) is 15.5. The third-order valence-electron chi connectivity index (χ3n) is 3.84. The summed E-state index contributed by atoms with van der Waals surface area (Å²) in [5.74, 6) is 0.329. The van der Waals surface area contributed by atoms with Gasteiger partial charge in [-0.2, -0.15) is 5.26 Å². The maximum Gasteiger partial charge on any atom is 0.203 e. The SMILES string of the molecule is COc1ccc2ccccc2c1/C=C(\C#N)C(=O)c1ccccc1. The summed E-state index contributed by atoms with van der Waals surface area (Å²) >= 11 is 0. The van der Waals surface area contributed by atoms with Gasteiger partial charge in [-0.1, -0.05) is 60.7 Å². The van der Waals surface area contributed by atoms with Crippen LogP contribution in [-0.4, -0.2) is 12.9 Å². The van der Waals surface area contributed by atoms with Gasteiger partial charge in [0.05, 0.1) is 7.11 Å². The molecule has 0 amide bonds. The lowest BCUT2D eigenvalue weighted by Gasteiger charge is -2.09. The molecule has 24 heavy (non-hydrogen) atoms. The Morgan fingerprint density at radius 3 is 2.42 bits per heavy atom. The summed E-state index contributed by atoms with van der Waals surface area (Å²) in [5.41, 5.74) is 1.30. The van der Waals surface area contributed by atoms with Gasteiger partial charge in [0.25, 0.3) is 0 Å². The lowest BCUT2D eigenvalue weighted by atomic mass is 9.98. The van der Waals surface area contributed by atoms with Gasteiger partial charge in [-0.05, 0) is 22.9 Å². The Balaban J connectivity index is 2.17. The highest BCUT2D eigenvalue weighted by Gasteiger charge is 2.14. The summed E-state index contributed by atoms with van der Waals surface area (Å²) in [4.78, 5) is 12.6. The predicted octanol–water partition coefficient (Wildman–Crippen LogP) is 4.64. The summed E-state index contributed by atoms with van der Waals surface area (Å²) in [6.45, 7) is 0. The molecule has 0 radical (unpaired) electrons. The van der Waals surface area contributed by atoms with E-state index in [-0.39, 0.29) is 11.4 Å². The molecule has 3 heteroatoms. The fourth-order valence-corrected chi connectivity index (χ4v) is 2.64. The Hall–Kier alpha value is -3.38. The third-order valence-corrected chi connectivity index (χ3v) is 3.84. The quantitative estimate of drug-likeness (QED) is 0.400. The molecule has 0 unspecified atom stereocenters. The van der Waals surface area contributed by atoms with Crippen molar-refractivity contribution in [2.24, 2.45) is 0 Å². The Bertz CT molecular complexity index is 966. The third kappa shape index (κ3) is 2.90. The molecule has 0 heterocycles. The maximum atomic E-state index is 12.6. The van der Waals surface area contributed by atoms with Crippen LogP contribution in [0.3, 0.4) is 0 Å². The van der Waals surface area contributed by atoms with Crippen LogP contribution in [0.25, 0.3) is 16.8 Å². The van der Waals surface area contributed by atoms with E-state index in [1.807, 2.05) is 48.5 Å². The van der Waals surface area contributed by atoms with Crippen LogP contribution >= 0.6 is 0 Å². The molecule has 0 aliphatic rings. The smallest absolute Gasteiger partial charge is 0.203 e. The van der Waals surface area contributed by atoms with Crippen molar-refractivity contribution < 1.29 is 9.53 Å². The second-order valence-corrected chi connectivity index (χ2v) is 5.27. The zero-order valence-corrected chi connectivity index (χ0v) is 13.2. The number of methoxy groups -OCH3 is 1. The van der Waals surface area contributed by atoms with Gasteiger partial charge in [0.2, 0.25) is 5.78 Å². The van der Waals surface area contributed by atoms with Gasteiger partial charge in [-0.25, -0.2) is 0 Å². The van der Waals surface area contributed by atoms with E-state index in [4.69, 9.17) is 4.74 Å². The molecule has 3 aromatic carbocycles. The minimum atomic E-state index is -0.298. The Morgan fingerprint density at radius 2 is 1.71 bits per heavy atom. The van der Waals surface area contributed by atoms with Crippen LogP contribution in [-0.2, 0) is 0 Å². The molecular weight excluding hydrogens is 298 g/mol. The minimum absolute atomic E-state index is 0.0795. The van der Waals surface area contributed by atoms with Crippen molar-refractivity contribution in [3.8, 4) is 11.8 Å². The maximum absolute atomic E-state index is 12.6. The minimum Gasteiger partial charge on any atom is -0.496 e. The summed E-state index contributed by atoms with van der Waals surface area (Å²) in [5, 5.41) is 11.4. The number of carbonyl (C=O) groups excluding carboxylic acids is 1. The lowest BCUT2D eigenvalue weighted by Crippen LogP contribution is -2.02. The Morgan fingerprint density at radius 1 is 1.00 bits per heavy atom. The van der Waals surface area contributed by atoms with Crippen molar-refractivity contribution in [1.29, 1.82) is 5.26 Å². The molecular formula is C21H15NO2. The molecule has 3 nitrogen and oxygen atoms in total. The number of hydrogen-bond donors (Lipinski definition) is 0. The molecule has 0 aliphatic carbocycles. The highest BCUT2D eigenvalue weighted by atomic mass is 16.5. The number of Topliss-reactive ketones (excluding diaryl/α,β-unsaturated/α-hetero) is 1. The summed E-state index contributed by atoms with van der Waals surface area (Å²) in [7, 11) is 1.58. The lowest BCUT2D eigenvalue weighted by molar-refractivity contribution is 0.104. The largest absolute Gasteiger partial charge is 0.496 e. The van der Waals surface area contributed by atoms with E-state index in [2.05, 4.69) is 0 Å². The number of allylic oxidation sites excluding steroid dienone is 1. The standard InChI is InChI=1S/C21H15NO2/c1-24-20-12-11-15-7-5-6-10-18(15)19(20)13-17(14-22)21(23)16-8-3-2-4-9-16/h2-13H,1H3/b17-13+. The summed E-state index contributed by atoms with van der Waals surface area (Å²) < 4.78 is 5.42. The van der Waals surface area contributed by atoms with Crippen LogP contribution in [0, 0.1) is 11.3 Å². The first-order valence-corrected chi connectivity index (χ1v) is 7.52. The van der Waals surface area contributed by atoms with Crippen molar-refractivity contribution >= 4 is 22.6 Å². The molecule has 0 aliphatic heterocycles. The van der Waals surface area contributed by atoms with E-state index >= 15 is 0 Å². The van der Waals surface area contributed by atoms with Gasteiger partial charge in [0, 0.05) is 11.1 Å². The zero-order valence-electron chi connectivity index (χ0n) is 13.2. The van der Waals surface area contributed by atoms with E-state index in [0.717, 1.165) is 16.3 Å². The number of nitrogens with zero attached hydrogens (tertiary/aromatic N) is 1. The molecule has 0 atom stereocenters. The van der Waals surface area contributed by atoms with Crippen LogP contribution in [0.2, 0.25) is 0 Å². The van der Waals surface area contributed by atoms with Gasteiger partial charge in [-0.3, -0.25) is 4.79 Å². The van der Waals surface area contributed by atoms with E-state index in [1.54, 1.807) is 37.5 Å². The summed E-state index contributed by atoms with van der Waals surface area (Å²) in [6, 6.07) is 22.4. The van der Waals surface area contributed by atoms with E-state index in [0.29, 0.717) is 11.3 Å². The van der Waals surface area contributed by atoms with Gasteiger partial charge in [-0.15, -0.1) is 0 Å². The number of benzene rings is 3. The Labute approximate surface area is 140 Å². The molecule has 0 saturated carbocycles. The summed E-state index contributed by atoms with van der Waals surface area (Å²) in [6.07, 6.45) is 1.61. The number of ether oxygens (including phenoxy) is 1. The van der Waals surface area contributed by atoms with Crippen LogP contribution in [0.5, 0.6) is 5.75 Å². The fraction of sp³-hybridized carbons (Fsp3) is 0.0476. The molecule has 116 valence electrons. The number of ketones is 1. The highest BCUT2D eigenvalue weighted by Crippen LogP contribution is 2.30. The fourth-order valence-electron chi connectivity index (χ4n) is 2.64. The van der Waals surface area contributed by atoms with Gasteiger partial charge < -0.3 is 4.74 Å². The molecule has 3 rings (SSSR count). The average Bonchev–Trinajstić information content (AvgIpc) is 2.66. The monoisotopic (exact) mass is 313 g/mol. The van der Waals surface area contributed by atoms with Crippen LogP contribution < -0.4 is 4.74 Å². The van der Waals surface area contributed by atoms with Crippen molar-refractivity contribution in [3.05, 3.63) is 83.4 Å². The second-order valence-electron chi connectivity index (χ2n) is 5.27. The average molecular weight is 313 g/mol. The predicted molar refractivity (Wildman–Crippen MR) is 94.9 cm³/mol. The first-order valence-electron chi connectivity index (χ1n) is 7.52. The number of nitriles is 1. The number of fused-ring (bicyclic) bond motifs is 1. The van der Waals surface area contributed by atoms with Gasteiger partial charge >= 0.3 is 0 Å². The van der Waals surface area contributed by atoms with Crippen LogP contribution in [0.4, 0.5) is 0 Å². The van der Waals surface area contributed by atoms with E-state index < -0.39 is 0 Å². The van der Waals surface area contributed by atoms with Crippen molar-refractivity contribution in [2.45, 2.75) is 0 Å². The van der Waals surface area contributed by atoms with Crippen LogP contribution in [0.15, 0.2) is 72.3 Å². The van der Waals surface area contributed by atoms with E-state index in [9.17, 15) is 10.1 Å². The number of hydrogen-bond acceptors (Lipinski definition) is 3. The van der Waals surface area contributed by atoms with Crippen molar-refractivity contribution in [1.82, 2.24) is 0 Å². The van der Waals surface area contributed by atoms with Gasteiger partial charge in [0.1, 0.15) is 17.4 Å². The topological polar surface area (TPSA) is 50.1 Å². The molecule has 0 N–H and O–H groups in total. The van der Waals surface area contributed by atoms with E-state index in [1.165, 1.54) is 0 Å². The molecule has 0 bridgehead atoms. The molecule has 0 aromatic heterocycles. The Kier molecular flexibility index (Phi) is 4.40. The van der Waals surface area contributed by atoms with Gasteiger partial charge in [0.15, 0.2) is 0 Å². The molecule has 3 aromatic rings. The number of carbonyl (C=O) groups is 1. The normalized spacial score (nSPS) is 11.1. The number of rotatable bonds is 4. The van der Waals surface area contributed by atoms with Crippen LogP contribution in [0.1, 0.15) is 15.9 Å². The zero-order chi connectivity index (χ0) is 16.9. The first-order chi connectivity index (χ1) is 11.7. The van der Waals surface area contributed by atoms with Crippen molar-refractivity contribution in [2.75, 3.05) is 7.11 Å². The van der Waals surface area contributed by atoms with Crippen molar-refractivity contribution in [3.63, 3.8) is 0 Å². The molecule has 0 spiro atoms. The molecule has 0 saturated heterocycles. The molecule has 0 fully saturated rings. The highest BCUT2D eigenvalue weighted by molar-refractivity contribution is 6.15.